The highest BCUT2D eigenvalue weighted by atomic mass is 19.3. The van der Waals surface area contributed by atoms with E-state index in [9.17, 15) is 13.6 Å². The number of nitrogens with two attached hydrogens (primary N) is 1. The summed E-state index contributed by atoms with van der Waals surface area (Å²) in [7, 11) is 0. The number of carbonyl (C=O) groups excluding carboxylic acids is 1. The van der Waals surface area contributed by atoms with Gasteiger partial charge in [0.05, 0.1) is 13.1 Å². The standard InChI is InChI=1S/C12H14F2N4O2/c1-7-2-3-10(20-7)8-4-9(18-17-8)11(19)16-6-12(13,14)5-15/h2-4H,5-6,15H2,1H3,(H,16,19)(H,17,18). The molecule has 8 heteroatoms. The summed E-state index contributed by atoms with van der Waals surface area (Å²) >= 11 is 0. The van der Waals surface area contributed by atoms with Crippen molar-refractivity contribution in [2.45, 2.75) is 12.8 Å². The average Bonchev–Trinajstić information content (AvgIpc) is 3.04. The lowest BCUT2D eigenvalue weighted by Gasteiger charge is -2.13. The SMILES string of the molecule is Cc1ccc(-c2cc(C(=O)NCC(F)(F)CN)n[nH]2)o1. The van der Waals surface area contributed by atoms with E-state index in [-0.39, 0.29) is 5.69 Å². The highest BCUT2D eigenvalue weighted by Crippen LogP contribution is 2.20. The van der Waals surface area contributed by atoms with Crippen LogP contribution in [0.2, 0.25) is 0 Å². The molecule has 0 radical (unpaired) electrons. The van der Waals surface area contributed by atoms with Crippen molar-refractivity contribution in [2.24, 2.45) is 5.73 Å². The Balaban J connectivity index is 2.03. The van der Waals surface area contributed by atoms with Crippen LogP contribution in [-0.2, 0) is 0 Å². The number of nitrogens with zero attached hydrogens (tertiary/aromatic N) is 1. The number of H-pyrrole nitrogens is 1. The van der Waals surface area contributed by atoms with E-state index < -0.39 is 24.9 Å². The molecule has 0 aliphatic heterocycles. The van der Waals surface area contributed by atoms with Crippen LogP contribution in [0.5, 0.6) is 0 Å². The van der Waals surface area contributed by atoms with Crippen LogP contribution in [0.4, 0.5) is 8.78 Å². The van der Waals surface area contributed by atoms with Gasteiger partial charge in [0.25, 0.3) is 11.8 Å². The van der Waals surface area contributed by atoms with Gasteiger partial charge in [0.2, 0.25) is 0 Å². The summed E-state index contributed by atoms with van der Waals surface area (Å²) in [5.74, 6) is -2.61. The van der Waals surface area contributed by atoms with Gasteiger partial charge in [-0.15, -0.1) is 0 Å². The zero-order valence-corrected chi connectivity index (χ0v) is 10.7. The van der Waals surface area contributed by atoms with Crippen LogP contribution in [0, 0.1) is 6.92 Å². The van der Waals surface area contributed by atoms with Gasteiger partial charge in [0.15, 0.2) is 11.5 Å². The lowest BCUT2D eigenvalue weighted by atomic mass is 10.3. The second kappa shape index (κ2) is 5.41. The van der Waals surface area contributed by atoms with Crippen molar-refractivity contribution in [1.82, 2.24) is 15.5 Å². The van der Waals surface area contributed by atoms with Gasteiger partial charge >= 0.3 is 0 Å². The van der Waals surface area contributed by atoms with Crippen LogP contribution in [0.1, 0.15) is 16.2 Å². The average molecular weight is 284 g/mol. The van der Waals surface area contributed by atoms with E-state index in [0.29, 0.717) is 17.2 Å². The molecule has 0 unspecified atom stereocenters. The third-order valence-electron chi connectivity index (χ3n) is 2.62. The molecule has 2 heterocycles. The topological polar surface area (TPSA) is 96.9 Å². The van der Waals surface area contributed by atoms with E-state index in [1.54, 1.807) is 19.1 Å². The van der Waals surface area contributed by atoms with Gasteiger partial charge in [0, 0.05) is 6.07 Å². The number of hydrogen-bond acceptors (Lipinski definition) is 4. The largest absolute Gasteiger partial charge is 0.460 e. The van der Waals surface area contributed by atoms with Crippen LogP contribution >= 0.6 is 0 Å². The third kappa shape index (κ3) is 3.21. The number of aromatic nitrogens is 2. The van der Waals surface area contributed by atoms with Gasteiger partial charge in [-0.1, -0.05) is 0 Å². The van der Waals surface area contributed by atoms with E-state index in [0.717, 1.165) is 0 Å². The van der Waals surface area contributed by atoms with E-state index in [2.05, 4.69) is 15.5 Å². The number of alkyl halides is 2. The molecule has 6 nitrogen and oxygen atoms in total. The minimum absolute atomic E-state index is 0.00174. The summed E-state index contributed by atoms with van der Waals surface area (Å²) in [4.78, 5) is 11.7. The van der Waals surface area contributed by atoms with Crippen molar-refractivity contribution in [1.29, 1.82) is 0 Å². The number of aryl methyl sites for hydroxylation is 1. The highest BCUT2D eigenvalue weighted by molar-refractivity contribution is 5.93. The summed E-state index contributed by atoms with van der Waals surface area (Å²) in [5.41, 5.74) is 5.37. The summed E-state index contributed by atoms with van der Waals surface area (Å²) in [6.07, 6.45) is 0. The van der Waals surface area contributed by atoms with Gasteiger partial charge in [0.1, 0.15) is 11.5 Å². The Morgan fingerprint density at radius 2 is 2.30 bits per heavy atom. The molecule has 1 amide bonds. The molecule has 0 aliphatic rings. The summed E-state index contributed by atoms with van der Waals surface area (Å²) in [6, 6.07) is 4.90. The summed E-state index contributed by atoms with van der Waals surface area (Å²) in [6.45, 7) is 0.123. The minimum Gasteiger partial charge on any atom is -0.460 e. The number of halogens is 2. The second-order valence-corrected chi connectivity index (χ2v) is 4.32. The molecule has 2 aromatic rings. The molecule has 0 atom stereocenters. The predicted octanol–water partition coefficient (Wildman–Crippen LogP) is 1.30. The normalized spacial score (nSPS) is 11.6. The maximum atomic E-state index is 12.9. The highest BCUT2D eigenvalue weighted by Gasteiger charge is 2.27. The van der Waals surface area contributed by atoms with Crippen molar-refractivity contribution in [3.63, 3.8) is 0 Å². The fraction of sp³-hybridized carbons (Fsp3) is 0.333. The third-order valence-corrected chi connectivity index (χ3v) is 2.62. The lowest BCUT2D eigenvalue weighted by Crippen LogP contribution is -2.41. The number of furan rings is 1. The molecule has 2 rings (SSSR count). The Labute approximate surface area is 113 Å². The minimum atomic E-state index is -3.13. The van der Waals surface area contributed by atoms with Crippen molar-refractivity contribution >= 4 is 5.91 Å². The number of rotatable bonds is 5. The second-order valence-electron chi connectivity index (χ2n) is 4.32. The van der Waals surface area contributed by atoms with Gasteiger partial charge in [-0.2, -0.15) is 5.10 Å². The maximum absolute atomic E-state index is 12.9. The zero-order valence-electron chi connectivity index (χ0n) is 10.7. The lowest BCUT2D eigenvalue weighted by molar-refractivity contribution is 0.0118. The van der Waals surface area contributed by atoms with E-state index in [1.165, 1.54) is 6.07 Å². The van der Waals surface area contributed by atoms with Gasteiger partial charge < -0.3 is 15.5 Å². The van der Waals surface area contributed by atoms with E-state index in [4.69, 9.17) is 10.2 Å². The van der Waals surface area contributed by atoms with Crippen LogP contribution in [0.15, 0.2) is 22.6 Å². The molecule has 2 aromatic heterocycles. The van der Waals surface area contributed by atoms with Crippen molar-refractivity contribution in [3.05, 3.63) is 29.7 Å². The van der Waals surface area contributed by atoms with Crippen LogP contribution in [0.25, 0.3) is 11.5 Å². The first kappa shape index (κ1) is 14.2. The van der Waals surface area contributed by atoms with Crippen LogP contribution < -0.4 is 11.1 Å². The Hall–Kier alpha value is -2.22. The van der Waals surface area contributed by atoms with Crippen LogP contribution in [-0.4, -0.2) is 35.1 Å². The van der Waals surface area contributed by atoms with Crippen molar-refractivity contribution < 1.29 is 18.0 Å². The van der Waals surface area contributed by atoms with Gasteiger partial charge in [-0.25, -0.2) is 8.78 Å². The first-order valence-corrected chi connectivity index (χ1v) is 5.89. The molecule has 0 fully saturated rings. The van der Waals surface area contributed by atoms with E-state index in [1.807, 2.05) is 0 Å². The first-order chi connectivity index (χ1) is 9.41. The number of aromatic amines is 1. The van der Waals surface area contributed by atoms with E-state index >= 15 is 0 Å². The molecule has 108 valence electrons. The fourth-order valence-corrected chi connectivity index (χ4v) is 1.52. The number of carbonyl (C=O) groups is 1. The molecule has 0 spiro atoms. The molecule has 0 saturated heterocycles. The predicted molar refractivity (Wildman–Crippen MR) is 67.4 cm³/mol. The number of hydrogen-bond donors (Lipinski definition) is 3. The maximum Gasteiger partial charge on any atom is 0.277 e. The smallest absolute Gasteiger partial charge is 0.277 e. The zero-order chi connectivity index (χ0) is 14.8. The summed E-state index contributed by atoms with van der Waals surface area (Å²) in [5, 5.41) is 8.44. The Bertz CT molecular complexity index is 606. The number of nitrogens with one attached hydrogen (secondary N) is 2. The molecule has 20 heavy (non-hydrogen) atoms. The number of amides is 1. The van der Waals surface area contributed by atoms with Crippen molar-refractivity contribution in [2.75, 3.05) is 13.1 Å². The molecular weight excluding hydrogens is 270 g/mol. The molecule has 0 bridgehead atoms. The molecular formula is C12H14F2N4O2. The monoisotopic (exact) mass is 284 g/mol. The molecule has 0 aromatic carbocycles. The van der Waals surface area contributed by atoms with Crippen LogP contribution in [0.3, 0.4) is 0 Å². The van der Waals surface area contributed by atoms with Crippen molar-refractivity contribution in [3.8, 4) is 11.5 Å². The quantitative estimate of drug-likeness (QED) is 0.771. The van der Waals surface area contributed by atoms with Gasteiger partial charge in [-0.05, 0) is 19.1 Å². The molecule has 0 saturated carbocycles. The fourth-order valence-electron chi connectivity index (χ4n) is 1.52. The Kier molecular flexibility index (Phi) is 3.84. The molecule has 0 aliphatic carbocycles. The Morgan fingerprint density at radius 1 is 1.55 bits per heavy atom. The first-order valence-electron chi connectivity index (χ1n) is 5.89. The summed E-state index contributed by atoms with van der Waals surface area (Å²) < 4.78 is 31.2. The van der Waals surface area contributed by atoms with Gasteiger partial charge in [-0.3, -0.25) is 9.89 Å². The Morgan fingerprint density at radius 3 is 2.90 bits per heavy atom. The molecule has 4 N–H and O–H groups in total.